The summed E-state index contributed by atoms with van der Waals surface area (Å²) in [4.78, 5) is 14.0. The van der Waals surface area contributed by atoms with Gasteiger partial charge in [0, 0.05) is 19.8 Å². The van der Waals surface area contributed by atoms with Crippen molar-refractivity contribution in [3.05, 3.63) is 28.5 Å². The molecule has 0 saturated heterocycles. The van der Waals surface area contributed by atoms with Gasteiger partial charge in [-0.05, 0) is 29.8 Å². The molecule has 0 radical (unpaired) electrons. The van der Waals surface area contributed by atoms with Crippen molar-refractivity contribution >= 4 is 40.8 Å². The monoisotopic (exact) mass is 313 g/mol. The standard InChI is InChI=1S/C12H13Cl2N5O/c1-19(2)12-17-10(14)16-11(18-12)15-7-4-5-9(20-3)8(13)6-7/h4-6H,1-3H3,(H,15,16,17,18). The minimum absolute atomic E-state index is 0.116. The summed E-state index contributed by atoms with van der Waals surface area (Å²) in [6, 6.07) is 5.27. The first kappa shape index (κ1) is 14.6. The predicted octanol–water partition coefficient (Wildman–Crippen LogP) is 3.00. The molecular weight excluding hydrogens is 301 g/mol. The van der Waals surface area contributed by atoms with Gasteiger partial charge in [-0.1, -0.05) is 11.6 Å². The van der Waals surface area contributed by atoms with Crippen LogP contribution in [0.3, 0.4) is 0 Å². The first-order valence-corrected chi connectivity index (χ1v) is 6.44. The molecule has 0 aliphatic rings. The molecule has 2 aromatic rings. The van der Waals surface area contributed by atoms with Gasteiger partial charge in [0.15, 0.2) is 0 Å². The lowest BCUT2D eigenvalue weighted by Crippen LogP contribution is -2.14. The number of anilines is 3. The molecule has 1 aromatic carbocycles. The second kappa shape index (κ2) is 6.11. The van der Waals surface area contributed by atoms with Crippen LogP contribution in [0.2, 0.25) is 10.3 Å². The summed E-state index contributed by atoms with van der Waals surface area (Å²) in [7, 11) is 5.20. The van der Waals surface area contributed by atoms with Gasteiger partial charge in [0.1, 0.15) is 5.75 Å². The average Bonchev–Trinajstić information content (AvgIpc) is 2.38. The second-order valence-electron chi connectivity index (χ2n) is 4.10. The first-order chi connectivity index (χ1) is 9.49. The van der Waals surface area contributed by atoms with Gasteiger partial charge in [0.2, 0.25) is 17.2 Å². The highest BCUT2D eigenvalue weighted by Gasteiger charge is 2.08. The molecule has 20 heavy (non-hydrogen) atoms. The van der Waals surface area contributed by atoms with Crippen molar-refractivity contribution in [3.8, 4) is 5.75 Å². The maximum Gasteiger partial charge on any atom is 0.233 e. The smallest absolute Gasteiger partial charge is 0.233 e. The number of ether oxygens (including phenoxy) is 1. The van der Waals surface area contributed by atoms with Crippen molar-refractivity contribution in [1.82, 2.24) is 15.0 Å². The van der Waals surface area contributed by atoms with E-state index in [1.165, 1.54) is 0 Å². The van der Waals surface area contributed by atoms with E-state index in [1.54, 1.807) is 30.2 Å². The summed E-state index contributed by atoms with van der Waals surface area (Å²) >= 11 is 11.9. The van der Waals surface area contributed by atoms with Gasteiger partial charge >= 0.3 is 0 Å². The van der Waals surface area contributed by atoms with Gasteiger partial charge in [-0.15, -0.1) is 0 Å². The van der Waals surface area contributed by atoms with Gasteiger partial charge in [-0.2, -0.15) is 15.0 Å². The second-order valence-corrected chi connectivity index (χ2v) is 4.84. The number of benzene rings is 1. The average molecular weight is 314 g/mol. The van der Waals surface area contributed by atoms with Gasteiger partial charge in [-0.3, -0.25) is 0 Å². The number of methoxy groups -OCH3 is 1. The molecule has 0 atom stereocenters. The Bertz CT molecular complexity index is 621. The summed E-state index contributed by atoms with van der Waals surface area (Å²) in [5, 5.41) is 3.63. The van der Waals surface area contributed by atoms with Crippen LogP contribution in [-0.2, 0) is 0 Å². The lowest BCUT2D eigenvalue weighted by atomic mass is 10.3. The molecule has 0 fully saturated rings. The first-order valence-electron chi connectivity index (χ1n) is 5.69. The van der Waals surface area contributed by atoms with Crippen molar-refractivity contribution in [3.63, 3.8) is 0 Å². The number of hydrogen-bond donors (Lipinski definition) is 1. The summed E-state index contributed by atoms with van der Waals surface area (Å²) in [6.45, 7) is 0. The molecule has 0 saturated carbocycles. The van der Waals surface area contributed by atoms with Crippen LogP contribution < -0.4 is 15.0 Å². The largest absolute Gasteiger partial charge is 0.495 e. The van der Waals surface area contributed by atoms with Crippen LogP contribution in [0, 0.1) is 0 Å². The molecule has 0 bridgehead atoms. The van der Waals surface area contributed by atoms with E-state index < -0.39 is 0 Å². The van der Waals surface area contributed by atoms with Crippen molar-refractivity contribution in [2.45, 2.75) is 0 Å². The highest BCUT2D eigenvalue weighted by Crippen LogP contribution is 2.28. The molecule has 0 spiro atoms. The number of halogens is 2. The van der Waals surface area contributed by atoms with Crippen LogP contribution in [0.5, 0.6) is 5.75 Å². The van der Waals surface area contributed by atoms with Gasteiger partial charge in [-0.25, -0.2) is 0 Å². The Morgan fingerprint density at radius 1 is 1.15 bits per heavy atom. The number of nitrogens with zero attached hydrogens (tertiary/aromatic N) is 4. The van der Waals surface area contributed by atoms with Crippen molar-refractivity contribution in [1.29, 1.82) is 0 Å². The SMILES string of the molecule is COc1ccc(Nc2nc(Cl)nc(N(C)C)n2)cc1Cl. The normalized spacial score (nSPS) is 10.2. The fourth-order valence-corrected chi connectivity index (χ4v) is 1.88. The molecular formula is C12H13Cl2N5O. The summed E-state index contributed by atoms with van der Waals surface area (Å²) in [6.07, 6.45) is 0. The lowest BCUT2D eigenvalue weighted by molar-refractivity contribution is 0.415. The zero-order valence-corrected chi connectivity index (χ0v) is 12.7. The Morgan fingerprint density at radius 3 is 2.50 bits per heavy atom. The van der Waals surface area contributed by atoms with E-state index >= 15 is 0 Å². The van der Waals surface area contributed by atoms with Crippen LogP contribution in [0.15, 0.2) is 18.2 Å². The Morgan fingerprint density at radius 2 is 1.90 bits per heavy atom. The van der Waals surface area contributed by atoms with Gasteiger partial charge < -0.3 is 15.0 Å². The van der Waals surface area contributed by atoms with Crippen LogP contribution in [-0.4, -0.2) is 36.2 Å². The van der Waals surface area contributed by atoms with E-state index in [4.69, 9.17) is 27.9 Å². The van der Waals surface area contributed by atoms with E-state index in [0.29, 0.717) is 22.7 Å². The Hall–Kier alpha value is -1.79. The number of hydrogen-bond acceptors (Lipinski definition) is 6. The third-order valence-corrected chi connectivity index (χ3v) is 2.87. The molecule has 6 nitrogen and oxygen atoms in total. The van der Waals surface area contributed by atoms with Crippen LogP contribution in [0.4, 0.5) is 17.6 Å². The third kappa shape index (κ3) is 3.40. The van der Waals surface area contributed by atoms with Crippen molar-refractivity contribution < 1.29 is 4.74 Å². The summed E-state index contributed by atoms with van der Waals surface area (Å²) in [5.74, 6) is 1.40. The highest BCUT2D eigenvalue weighted by molar-refractivity contribution is 6.32. The molecule has 0 aliphatic carbocycles. The third-order valence-electron chi connectivity index (χ3n) is 2.40. The molecule has 2 rings (SSSR count). The zero-order valence-electron chi connectivity index (χ0n) is 11.2. The van der Waals surface area contributed by atoms with Crippen LogP contribution >= 0.6 is 23.2 Å². The zero-order chi connectivity index (χ0) is 14.7. The van der Waals surface area contributed by atoms with E-state index in [1.807, 2.05) is 14.1 Å². The summed E-state index contributed by atoms with van der Waals surface area (Å²) in [5.41, 5.74) is 0.725. The fraction of sp³-hybridized carbons (Fsp3) is 0.250. The van der Waals surface area contributed by atoms with Crippen molar-refractivity contribution in [2.24, 2.45) is 0 Å². The Labute approximate surface area is 126 Å². The number of nitrogens with one attached hydrogen (secondary N) is 1. The maximum atomic E-state index is 6.06. The van der Waals surface area contributed by atoms with E-state index in [9.17, 15) is 0 Å². The Kier molecular flexibility index (Phi) is 4.46. The number of rotatable bonds is 4. The minimum Gasteiger partial charge on any atom is -0.495 e. The molecule has 1 N–H and O–H groups in total. The minimum atomic E-state index is 0.116. The quantitative estimate of drug-likeness (QED) is 0.936. The maximum absolute atomic E-state index is 6.06. The van der Waals surface area contributed by atoms with E-state index in [0.717, 1.165) is 5.69 Å². The van der Waals surface area contributed by atoms with E-state index in [-0.39, 0.29) is 5.28 Å². The molecule has 106 valence electrons. The molecule has 1 aromatic heterocycles. The van der Waals surface area contributed by atoms with Gasteiger partial charge in [0.25, 0.3) is 0 Å². The number of aromatic nitrogens is 3. The van der Waals surface area contributed by atoms with E-state index in [2.05, 4.69) is 20.3 Å². The molecule has 0 aliphatic heterocycles. The highest BCUT2D eigenvalue weighted by atomic mass is 35.5. The van der Waals surface area contributed by atoms with Gasteiger partial charge in [0.05, 0.1) is 12.1 Å². The summed E-state index contributed by atoms with van der Waals surface area (Å²) < 4.78 is 5.09. The molecule has 8 heteroatoms. The molecule has 1 heterocycles. The molecule has 0 amide bonds. The lowest BCUT2D eigenvalue weighted by Gasteiger charge is -2.12. The molecule has 0 unspecified atom stereocenters. The topological polar surface area (TPSA) is 63.2 Å². The predicted molar refractivity (Wildman–Crippen MR) is 80.5 cm³/mol. The van der Waals surface area contributed by atoms with Crippen LogP contribution in [0.25, 0.3) is 0 Å². The fourth-order valence-electron chi connectivity index (χ4n) is 1.47. The van der Waals surface area contributed by atoms with Crippen LogP contribution in [0.1, 0.15) is 0 Å². The van der Waals surface area contributed by atoms with Crippen molar-refractivity contribution in [2.75, 3.05) is 31.4 Å². The Balaban J connectivity index is 2.27.